The van der Waals surface area contributed by atoms with Gasteiger partial charge in [0.1, 0.15) is 0 Å². The molecule has 1 aromatic heterocycles. The summed E-state index contributed by atoms with van der Waals surface area (Å²) < 4.78 is 7.65. The lowest BCUT2D eigenvalue weighted by atomic mass is 10.1. The molecule has 0 spiro atoms. The minimum absolute atomic E-state index is 0.299. The molecule has 20 heavy (non-hydrogen) atoms. The highest BCUT2D eigenvalue weighted by Gasteiger charge is 2.23. The Morgan fingerprint density at radius 2 is 2.10 bits per heavy atom. The summed E-state index contributed by atoms with van der Waals surface area (Å²) in [4.78, 5) is 4.55. The van der Waals surface area contributed by atoms with Crippen LogP contribution in [0.25, 0.3) is 11.0 Å². The molecule has 1 fully saturated rings. The zero-order chi connectivity index (χ0) is 14.1. The number of methoxy groups -OCH3 is 1. The Bertz CT molecular complexity index is 601. The number of ether oxygens (including phenoxy) is 1. The van der Waals surface area contributed by atoms with Crippen LogP contribution >= 0.6 is 0 Å². The molecule has 1 aliphatic carbocycles. The molecule has 1 atom stereocenters. The smallest absolute Gasteiger partial charge is 0.0962 e. The van der Waals surface area contributed by atoms with E-state index >= 15 is 0 Å². The number of rotatable bonds is 6. The molecule has 0 amide bonds. The zero-order valence-electron chi connectivity index (χ0n) is 12.5. The standard InChI is InChI=1S/C16H23N3O/c1-11-6-15-16(7-12(11)2)19(10-18-15)14(9-20-3)8-17-13-4-5-13/h6-7,10,13-14,17H,4-5,8-9H2,1-3H3. The fourth-order valence-electron chi connectivity index (χ4n) is 2.59. The Morgan fingerprint density at radius 1 is 1.35 bits per heavy atom. The van der Waals surface area contributed by atoms with Crippen LogP contribution in [0, 0.1) is 13.8 Å². The maximum Gasteiger partial charge on any atom is 0.0962 e. The van der Waals surface area contributed by atoms with Crippen LogP contribution in [0.3, 0.4) is 0 Å². The third-order valence-corrected chi connectivity index (χ3v) is 4.16. The number of nitrogens with one attached hydrogen (secondary N) is 1. The maximum absolute atomic E-state index is 5.39. The van der Waals surface area contributed by atoms with Gasteiger partial charge in [-0.3, -0.25) is 0 Å². The topological polar surface area (TPSA) is 39.1 Å². The molecule has 1 saturated carbocycles. The first kappa shape index (κ1) is 13.6. The summed E-state index contributed by atoms with van der Waals surface area (Å²) in [5, 5.41) is 3.59. The molecule has 2 aromatic rings. The lowest BCUT2D eigenvalue weighted by Crippen LogP contribution is -2.29. The molecule has 0 bridgehead atoms. The molecule has 1 heterocycles. The van der Waals surface area contributed by atoms with Crippen molar-refractivity contribution in [3.8, 4) is 0 Å². The van der Waals surface area contributed by atoms with E-state index < -0.39 is 0 Å². The van der Waals surface area contributed by atoms with Crippen LogP contribution in [0.4, 0.5) is 0 Å². The van der Waals surface area contributed by atoms with E-state index in [0.717, 1.165) is 12.1 Å². The van der Waals surface area contributed by atoms with Gasteiger partial charge in [0.15, 0.2) is 0 Å². The van der Waals surface area contributed by atoms with Gasteiger partial charge in [-0.05, 0) is 49.9 Å². The van der Waals surface area contributed by atoms with Gasteiger partial charge in [-0.15, -0.1) is 0 Å². The Morgan fingerprint density at radius 3 is 2.80 bits per heavy atom. The SMILES string of the molecule is COCC(CNC1CC1)n1cnc2cc(C)c(C)cc21. The molecule has 3 rings (SSSR count). The molecule has 1 unspecified atom stereocenters. The van der Waals surface area contributed by atoms with Crippen molar-refractivity contribution in [3.63, 3.8) is 0 Å². The van der Waals surface area contributed by atoms with Gasteiger partial charge in [0.2, 0.25) is 0 Å². The monoisotopic (exact) mass is 273 g/mol. The quantitative estimate of drug-likeness (QED) is 0.879. The van der Waals surface area contributed by atoms with E-state index in [9.17, 15) is 0 Å². The Kier molecular flexibility index (Phi) is 3.76. The summed E-state index contributed by atoms with van der Waals surface area (Å²) in [6, 6.07) is 5.41. The summed E-state index contributed by atoms with van der Waals surface area (Å²) in [6.07, 6.45) is 4.56. The number of benzene rings is 1. The number of nitrogens with zero attached hydrogens (tertiary/aromatic N) is 2. The number of aromatic nitrogens is 2. The average molecular weight is 273 g/mol. The molecule has 0 saturated heterocycles. The molecule has 1 aliphatic rings. The predicted molar refractivity (Wildman–Crippen MR) is 81.1 cm³/mol. The minimum atomic E-state index is 0.299. The summed E-state index contributed by atoms with van der Waals surface area (Å²) in [7, 11) is 1.76. The van der Waals surface area contributed by atoms with Gasteiger partial charge in [0.25, 0.3) is 0 Å². The summed E-state index contributed by atoms with van der Waals surface area (Å²) in [6.45, 7) is 5.93. The van der Waals surface area contributed by atoms with Gasteiger partial charge >= 0.3 is 0 Å². The van der Waals surface area contributed by atoms with E-state index in [1.54, 1.807) is 7.11 Å². The first-order valence-corrected chi connectivity index (χ1v) is 7.35. The molecular formula is C16H23N3O. The molecular weight excluding hydrogens is 250 g/mol. The van der Waals surface area contributed by atoms with Gasteiger partial charge in [-0.25, -0.2) is 4.98 Å². The first-order valence-electron chi connectivity index (χ1n) is 7.35. The van der Waals surface area contributed by atoms with E-state index in [1.807, 2.05) is 6.33 Å². The van der Waals surface area contributed by atoms with Gasteiger partial charge < -0.3 is 14.6 Å². The second-order valence-corrected chi connectivity index (χ2v) is 5.87. The molecule has 0 radical (unpaired) electrons. The van der Waals surface area contributed by atoms with Crippen molar-refractivity contribution in [2.24, 2.45) is 0 Å². The highest BCUT2D eigenvalue weighted by atomic mass is 16.5. The van der Waals surface area contributed by atoms with Gasteiger partial charge in [0.05, 0.1) is 30.0 Å². The minimum Gasteiger partial charge on any atom is -0.382 e. The normalized spacial score (nSPS) is 16.8. The highest BCUT2D eigenvalue weighted by Crippen LogP contribution is 2.23. The van der Waals surface area contributed by atoms with Gasteiger partial charge in [-0.2, -0.15) is 0 Å². The molecule has 0 aliphatic heterocycles. The van der Waals surface area contributed by atoms with Crippen LogP contribution in [-0.2, 0) is 4.74 Å². The van der Waals surface area contributed by atoms with Crippen LogP contribution in [0.2, 0.25) is 0 Å². The number of fused-ring (bicyclic) bond motifs is 1. The third kappa shape index (κ3) is 2.72. The zero-order valence-corrected chi connectivity index (χ0v) is 12.5. The van der Waals surface area contributed by atoms with E-state index in [4.69, 9.17) is 4.74 Å². The lowest BCUT2D eigenvalue weighted by Gasteiger charge is -2.19. The number of imidazole rings is 1. The largest absolute Gasteiger partial charge is 0.382 e. The van der Waals surface area contributed by atoms with Crippen molar-refractivity contribution in [1.82, 2.24) is 14.9 Å². The van der Waals surface area contributed by atoms with Crippen molar-refractivity contribution in [3.05, 3.63) is 29.6 Å². The molecule has 4 nitrogen and oxygen atoms in total. The van der Waals surface area contributed by atoms with Crippen molar-refractivity contribution >= 4 is 11.0 Å². The van der Waals surface area contributed by atoms with Crippen LogP contribution < -0.4 is 5.32 Å². The van der Waals surface area contributed by atoms with Crippen molar-refractivity contribution in [2.75, 3.05) is 20.3 Å². The van der Waals surface area contributed by atoms with E-state index in [1.165, 1.54) is 29.5 Å². The van der Waals surface area contributed by atoms with Crippen LogP contribution in [-0.4, -0.2) is 35.9 Å². The lowest BCUT2D eigenvalue weighted by molar-refractivity contribution is 0.155. The number of aryl methyl sites for hydroxylation is 2. The van der Waals surface area contributed by atoms with Crippen LogP contribution in [0.15, 0.2) is 18.5 Å². The fraction of sp³-hybridized carbons (Fsp3) is 0.562. The van der Waals surface area contributed by atoms with Gasteiger partial charge in [-0.1, -0.05) is 0 Å². The predicted octanol–water partition coefficient (Wildman–Crippen LogP) is 2.59. The van der Waals surface area contributed by atoms with Gasteiger partial charge in [0, 0.05) is 19.7 Å². The molecule has 108 valence electrons. The Hall–Kier alpha value is -1.39. The van der Waals surface area contributed by atoms with Crippen LogP contribution in [0.5, 0.6) is 0 Å². The number of hydrogen-bond donors (Lipinski definition) is 1. The summed E-state index contributed by atoms with van der Waals surface area (Å²) in [5.41, 5.74) is 4.88. The Labute approximate surface area is 120 Å². The van der Waals surface area contributed by atoms with E-state index in [-0.39, 0.29) is 0 Å². The second-order valence-electron chi connectivity index (χ2n) is 5.87. The first-order chi connectivity index (χ1) is 9.69. The Balaban J connectivity index is 1.90. The van der Waals surface area contributed by atoms with E-state index in [0.29, 0.717) is 18.7 Å². The average Bonchev–Trinajstić information content (AvgIpc) is 3.17. The number of hydrogen-bond acceptors (Lipinski definition) is 3. The van der Waals surface area contributed by atoms with Crippen molar-refractivity contribution in [1.29, 1.82) is 0 Å². The van der Waals surface area contributed by atoms with Crippen molar-refractivity contribution in [2.45, 2.75) is 38.8 Å². The highest BCUT2D eigenvalue weighted by molar-refractivity contribution is 5.77. The molecule has 1 aromatic carbocycles. The van der Waals surface area contributed by atoms with E-state index in [2.05, 4.69) is 40.8 Å². The summed E-state index contributed by atoms with van der Waals surface area (Å²) >= 11 is 0. The maximum atomic E-state index is 5.39. The van der Waals surface area contributed by atoms with Crippen molar-refractivity contribution < 1.29 is 4.74 Å². The summed E-state index contributed by atoms with van der Waals surface area (Å²) in [5.74, 6) is 0. The fourth-order valence-corrected chi connectivity index (χ4v) is 2.59. The molecule has 4 heteroatoms. The third-order valence-electron chi connectivity index (χ3n) is 4.16. The molecule has 1 N–H and O–H groups in total. The second kappa shape index (κ2) is 5.54. The van der Waals surface area contributed by atoms with Crippen LogP contribution in [0.1, 0.15) is 30.0 Å².